The normalized spacial score (nSPS) is 13.3. The molecule has 0 saturated heterocycles. The van der Waals surface area contributed by atoms with Crippen LogP contribution in [-0.4, -0.2) is 15.3 Å². The Morgan fingerprint density at radius 2 is 2.08 bits per heavy atom. The zero-order valence-corrected chi connectivity index (χ0v) is 14.3. The van der Waals surface area contributed by atoms with Crippen LogP contribution in [0.25, 0.3) is 15.8 Å². The van der Waals surface area contributed by atoms with E-state index in [1.165, 1.54) is 29.3 Å². The molecule has 0 spiro atoms. The molecule has 2 heterocycles. The van der Waals surface area contributed by atoms with Crippen molar-refractivity contribution in [2.75, 3.05) is 0 Å². The number of fused-ring (bicyclic) bond motifs is 1. The Morgan fingerprint density at radius 3 is 2.79 bits per heavy atom. The minimum Gasteiger partial charge on any atom is -0.618 e. The summed E-state index contributed by atoms with van der Waals surface area (Å²) in [7, 11) is 0. The number of benzene rings is 1. The summed E-state index contributed by atoms with van der Waals surface area (Å²) in [5.74, 6) is -0.0783. The Labute approximate surface area is 147 Å². The molecule has 7 heteroatoms. The molecule has 0 aliphatic rings. The average Bonchev–Trinajstić information content (AvgIpc) is 3.01. The summed E-state index contributed by atoms with van der Waals surface area (Å²) in [4.78, 5) is 4.41. The molecule has 1 unspecified atom stereocenters. The number of thioether (sulfide) groups is 1. The molecular weight excluding hydrogens is 342 g/mol. The highest BCUT2D eigenvalue weighted by molar-refractivity contribution is 7.99. The van der Waals surface area contributed by atoms with E-state index >= 15 is 0 Å². The number of aromatic nitrogens is 2. The summed E-state index contributed by atoms with van der Waals surface area (Å²) in [6, 6.07) is 14.7. The Hall–Kier alpha value is -2.56. The third kappa shape index (κ3) is 3.20. The molecule has 0 amide bonds. The number of pyridine rings is 1. The summed E-state index contributed by atoms with van der Waals surface area (Å²) in [6.45, 7) is 1.75. The van der Waals surface area contributed by atoms with Crippen LogP contribution in [-0.2, 0) is 0 Å². The fourth-order valence-corrected chi connectivity index (χ4v) is 4.02. The number of hydrogen-bond donors (Lipinski definition) is 1. The number of allylic oxidation sites excluding steroid dienone is 1. The van der Waals surface area contributed by atoms with Gasteiger partial charge in [-0.25, -0.2) is 4.98 Å². The van der Waals surface area contributed by atoms with Gasteiger partial charge in [-0.15, -0.1) is 11.3 Å². The van der Waals surface area contributed by atoms with Gasteiger partial charge in [0.15, 0.2) is 6.20 Å². The lowest BCUT2D eigenvalue weighted by molar-refractivity contribution is -0.645. The maximum atomic E-state index is 11.7. The smallest absolute Gasteiger partial charge is 0.252 e. The van der Waals surface area contributed by atoms with Crippen molar-refractivity contribution >= 4 is 38.9 Å². The first-order valence-corrected chi connectivity index (χ1v) is 8.84. The van der Waals surface area contributed by atoms with Crippen LogP contribution in [0.2, 0.25) is 0 Å². The zero-order valence-electron chi connectivity index (χ0n) is 12.7. The van der Waals surface area contributed by atoms with Gasteiger partial charge in [0, 0.05) is 12.1 Å². The van der Waals surface area contributed by atoms with Crippen molar-refractivity contribution in [2.24, 2.45) is 0 Å². The third-order valence-corrected chi connectivity index (χ3v) is 5.54. The van der Waals surface area contributed by atoms with Gasteiger partial charge in [-0.05, 0) is 36.9 Å². The maximum absolute atomic E-state index is 11.7. The maximum Gasteiger partial charge on any atom is 0.252 e. The van der Waals surface area contributed by atoms with Crippen LogP contribution >= 0.6 is 23.1 Å². The molecule has 120 valence electrons. The number of rotatable bonds is 4. The molecule has 0 aliphatic carbocycles. The lowest BCUT2D eigenvalue weighted by Crippen LogP contribution is -2.28. The Kier molecular flexibility index (Phi) is 4.69. The number of nitriles is 1. The molecule has 1 N–H and O–H groups in total. The van der Waals surface area contributed by atoms with Crippen molar-refractivity contribution in [3.63, 3.8) is 0 Å². The van der Waals surface area contributed by atoms with Gasteiger partial charge in [-0.3, -0.25) is 0 Å². The van der Waals surface area contributed by atoms with Gasteiger partial charge in [0.2, 0.25) is 0 Å². The van der Waals surface area contributed by atoms with Gasteiger partial charge < -0.3 is 10.3 Å². The Morgan fingerprint density at radius 1 is 1.33 bits per heavy atom. The number of thiazole rings is 1. The molecule has 0 fully saturated rings. The molecule has 24 heavy (non-hydrogen) atoms. The van der Waals surface area contributed by atoms with Crippen LogP contribution < -0.4 is 4.73 Å². The molecule has 1 aromatic carbocycles. The monoisotopic (exact) mass is 355 g/mol. The van der Waals surface area contributed by atoms with E-state index in [0.717, 1.165) is 14.9 Å². The number of nitrogens with zero attached hydrogens (tertiary/aromatic N) is 3. The fourth-order valence-electron chi connectivity index (χ4n) is 2.14. The van der Waals surface area contributed by atoms with E-state index in [0.29, 0.717) is 10.0 Å². The van der Waals surface area contributed by atoms with Crippen LogP contribution in [0.15, 0.2) is 59.4 Å². The van der Waals surface area contributed by atoms with E-state index in [-0.39, 0.29) is 11.3 Å². The molecule has 3 rings (SSSR count). The Bertz CT molecular complexity index is 927. The minimum absolute atomic E-state index is 0.0783. The molecule has 1 atom stereocenters. The summed E-state index contributed by atoms with van der Waals surface area (Å²) in [5.41, 5.74) is 0.934. The first kappa shape index (κ1) is 16.3. The van der Waals surface area contributed by atoms with Crippen LogP contribution in [0.3, 0.4) is 0 Å². The van der Waals surface area contributed by atoms with E-state index in [1.54, 1.807) is 25.1 Å². The third-order valence-electron chi connectivity index (χ3n) is 3.35. The van der Waals surface area contributed by atoms with E-state index in [1.807, 2.05) is 30.3 Å². The van der Waals surface area contributed by atoms with Gasteiger partial charge in [-0.1, -0.05) is 12.1 Å². The molecule has 3 aromatic rings. The molecule has 0 aliphatic heterocycles. The summed E-state index contributed by atoms with van der Waals surface area (Å²) in [6.07, 6.45) is 1.40. The van der Waals surface area contributed by atoms with Crippen molar-refractivity contribution in [3.05, 3.63) is 64.6 Å². The van der Waals surface area contributed by atoms with Crippen molar-refractivity contribution < 1.29 is 9.84 Å². The highest BCUT2D eigenvalue weighted by Gasteiger charge is 2.21. The van der Waals surface area contributed by atoms with E-state index in [4.69, 9.17) is 0 Å². The number of hydrogen-bond acceptors (Lipinski definition) is 6. The quantitative estimate of drug-likeness (QED) is 0.252. The van der Waals surface area contributed by atoms with Gasteiger partial charge in [0.05, 0.1) is 15.5 Å². The van der Waals surface area contributed by atoms with Crippen molar-refractivity contribution in [1.29, 1.82) is 5.26 Å². The zero-order chi connectivity index (χ0) is 17.1. The van der Waals surface area contributed by atoms with Gasteiger partial charge >= 0.3 is 0 Å². The van der Waals surface area contributed by atoms with E-state index in [2.05, 4.69) is 4.98 Å². The second-order valence-electron chi connectivity index (χ2n) is 4.98. The summed E-state index contributed by atoms with van der Waals surface area (Å²) in [5, 5.41) is 32.2. The lowest BCUT2D eigenvalue weighted by Gasteiger charge is -2.11. The standard InChI is InChI=1S/C17H13N3O2S2/c1-11(23-15-8-4-5-9-20(15)22)16(21)12(10-18)17-19-13-6-2-3-7-14(13)24-17/h2-9,11,21H,1H3/b16-12-. The van der Waals surface area contributed by atoms with Gasteiger partial charge in [0.25, 0.3) is 5.03 Å². The minimum atomic E-state index is -0.450. The van der Waals surface area contributed by atoms with Crippen LogP contribution in [0, 0.1) is 16.5 Å². The molecule has 0 saturated carbocycles. The van der Waals surface area contributed by atoms with Crippen LogP contribution in [0.4, 0.5) is 0 Å². The van der Waals surface area contributed by atoms with Crippen molar-refractivity contribution in [2.45, 2.75) is 17.2 Å². The van der Waals surface area contributed by atoms with Crippen LogP contribution in [0.5, 0.6) is 0 Å². The van der Waals surface area contributed by atoms with Crippen molar-refractivity contribution in [3.8, 4) is 6.07 Å². The van der Waals surface area contributed by atoms with Gasteiger partial charge in [-0.2, -0.15) is 9.99 Å². The van der Waals surface area contributed by atoms with E-state index in [9.17, 15) is 15.6 Å². The lowest BCUT2D eigenvalue weighted by atomic mass is 10.2. The summed E-state index contributed by atoms with van der Waals surface area (Å²) >= 11 is 2.55. The number of para-hydroxylation sites is 1. The van der Waals surface area contributed by atoms with E-state index < -0.39 is 5.25 Å². The Balaban J connectivity index is 1.95. The number of aliphatic hydroxyl groups is 1. The molecule has 0 radical (unpaired) electrons. The van der Waals surface area contributed by atoms with Gasteiger partial charge in [0.1, 0.15) is 22.4 Å². The highest BCUT2D eigenvalue weighted by Crippen LogP contribution is 2.32. The predicted molar refractivity (Wildman–Crippen MR) is 95.5 cm³/mol. The van der Waals surface area contributed by atoms with Crippen molar-refractivity contribution in [1.82, 2.24) is 4.98 Å². The first-order chi connectivity index (χ1) is 11.6. The largest absolute Gasteiger partial charge is 0.618 e. The molecule has 0 bridgehead atoms. The second kappa shape index (κ2) is 6.91. The highest BCUT2D eigenvalue weighted by atomic mass is 32.2. The molecule has 5 nitrogen and oxygen atoms in total. The average molecular weight is 355 g/mol. The predicted octanol–water partition coefficient (Wildman–Crippen LogP) is 3.90. The van der Waals surface area contributed by atoms with Crippen LogP contribution in [0.1, 0.15) is 11.9 Å². The number of aliphatic hydroxyl groups excluding tert-OH is 1. The fraction of sp³-hybridized carbons (Fsp3) is 0.118. The SMILES string of the molecule is CC(Sc1cccc[n+]1[O-])/C(O)=C(\C#N)c1nc2ccccc2s1. The molecule has 2 aromatic heterocycles. The molecular formula is C17H13N3O2S2. The second-order valence-corrected chi connectivity index (χ2v) is 7.38. The summed E-state index contributed by atoms with van der Waals surface area (Å²) < 4.78 is 1.69. The topological polar surface area (TPSA) is 83.9 Å². The first-order valence-electron chi connectivity index (χ1n) is 7.14.